The van der Waals surface area contributed by atoms with Gasteiger partial charge in [-0.25, -0.2) is 26.9 Å². The van der Waals surface area contributed by atoms with E-state index in [0.717, 1.165) is 12.1 Å². The Morgan fingerprint density at radius 3 is 2.50 bits per heavy atom. The first-order valence-corrected chi connectivity index (χ1v) is 10.3. The van der Waals surface area contributed by atoms with Gasteiger partial charge in [0.25, 0.3) is 0 Å². The molecule has 2 aromatic rings. The number of hydrogen-bond donors (Lipinski definition) is 3. The maximum absolute atomic E-state index is 13.5. The number of nitrogens with one attached hydrogen (secondary N) is 2. The molecular weight excluding hydrogens is 390 g/mol. The highest BCUT2D eigenvalue weighted by molar-refractivity contribution is 7.89. The van der Waals surface area contributed by atoms with Crippen LogP contribution in [0.25, 0.3) is 0 Å². The number of halogens is 2. The summed E-state index contributed by atoms with van der Waals surface area (Å²) in [7, 11) is -3.71. The molecule has 0 spiro atoms. The fourth-order valence-electron chi connectivity index (χ4n) is 2.49. The Hall–Kier alpha value is -2.59. The van der Waals surface area contributed by atoms with Crippen molar-refractivity contribution in [3.63, 3.8) is 0 Å². The second-order valence-corrected chi connectivity index (χ2v) is 8.12. The number of nitrogens with zero attached hydrogens (tertiary/aromatic N) is 1. The molecule has 1 aromatic carbocycles. The van der Waals surface area contributed by atoms with E-state index < -0.39 is 33.6 Å². The number of nitrogen functional groups attached to an aromatic ring is 1. The van der Waals surface area contributed by atoms with Gasteiger partial charge in [0, 0.05) is 12.7 Å². The van der Waals surface area contributed by atoms with Gasteiger partial charge in [-0.3, -0.25) is 4.79 Å². The molecule has 7 nitrogen and oxygen atoms in total. The van der Waals surface area contributed by atoms with E-state index in [0.29, 0.717) is 17.8 Å². The van der Waals surface area contributed by atoms with Crippen molar-refractivity contribution in [2.24, 2.45) is 0 Å². The van der Waals surface area contributed by atoms with Gasteiger partial charge in [0.1, 0.15) is 11.9 Å². The lowest BCUT2D eigenvalue weighted by atomic mass is 10.1. The van der Waals surface area contributed by atoms with Crippen LogP contribution in [0.2, 0.25) is 0 Å². The van der Waals surface area contributed by atoms with E-state index in [-0.39, 0.29) is 24.3 Å². The first kappa shape index (κ1) is 21.7. The molecule has 1 atom stereocenters. The first-order chi connectivity index (χ1) is 13.2. The Morgan fingerprint density at radius 1 is 1.18 bits per heavy atom. The fourth-order valence-corrected chi connectivity index (χ4v) is 3.77. The molecule has 0 radical (unpaired) electrons. The van der Waals surface area contributed by atoms with Crippen molar-refractivity contribution in [2.75, 3.05) is 11.5 Å². The van der Waals surface area contributed by atoms with Gasteiger partial charge in [-0.05, 0) is 42.2 Å². The maximum atomic E-state index is 13.5. The summed E-state index contributed by atoms with van der Waals surface area (Å²) < 4.78 is 53.2. The van der Waals surface area contributed by atoms with E-state index in [1.165, 1.54) is 12.3 Å². The lowest BCUT2D eigenvalue weighted by molar-refractivity contribution is -0.122. The van der Waals surface area contributed by atoms with Crippen molar-refractivity contribution in [1.82, 2.24) is 15.0 Å². The van der Waals surface area contributed by atoms with Crippen LogP contribution in [0.4, 0.5) is 14.6 Å². The van der Waals surface area contributed by atoms with E-state index in [2.05, 4.69) is 15.0 Å². The average molecular weight is 412 g/mol. The number of rotatable bonds is 9. The van der Waals surface area contributed by atoms with Gasteiger partial charge in [0.15, 0.2) is 11.6 Å². The van der Waals surface area contributed by atoms with Crippen molar-refractivity contribution in [1.29, 1.82) is 0 Å². The first-order valence-electron chi connectivity index (χ1n) is 8.62. The minimum Gasteiger partial charge on any atom is -0.384 e. The zero-order chi connectivity index (χ0) is 20.7. The molecule has 0 fully saturated rings. The highest BCUT2D eigenvalue weighted by Gasteiger charge is 2.24. The van der Waals surface area contributed by atoms with E-state index in [1.54, 1.807) is 19.1 Å². The Kier molecular flexibility index (Phi) is 7.41. The third-order valence-electron chi connectivity index (χ3n) is 3.85. The van der Waals surface area contributed by atoms with Crippen LogP contribution in [0.15, 0.2) is 36.5 Å². The molecule has 1 unspecified atom stereocenters. The molecule has 0 aliphatic carbocycles. The van der Waals surface area contributed by atoms with Crippen LogP contribution >= 0.6 is 0 Å². The van der Waals surface area contributed by atoms with Gasteiger partial charge in [0.2, 0.25) is 15.9 Å². The molecule has 152 valence electrons. The number of sulfonamides is 1. The highest BCUT2D eigenvalue weighted by Crippen LogP contribution is 2.12. The SMILES string of the molecule is CCCS(=O)(=O)NC(Cc1ccc(F)c(F)c1)C(=O)NCc1ccc(N)nc1. The predicted molar refractivity (Wildman–Crippen MR) is 102 cm³/mol. The maximum Gasteiger partial charge on any atom is 0.238 e. The Bertz CT molecular complexity index is 921. The standard InChI is InChI=1S/C18H22F2N4O3S/c1-2-7-28(26,27)24-16(9-12-3-5-14(19)15(20)8-12)18(25)23-11-13-4-6-17(21)22-10-13/h3-6,8,10,16,24H,2,7,9,11H2,1H3,(H2,21,22)(H,23,25). The summed E-state index contributed by atoms with van der Waals surface area (Å²) in [6, 6.07) is 5.24. The fraction of sp³-hybridized carbons (Fsp3) is 0.333. The molecular formula is C18H22F2N4O3S. The minimum absolute atomic E-state index is 0.107. The predicted octanol–water partition coefficient (Wildman–Crippen LogP) is 1.50. The number of anilines is 1. The van der Waals surface area contributed by atoms with Crippen molar-refractivity contribution < 1.29 is 22.0 Å². The summed E-state index contributed by atoms with van der Waals surface area (Å²) >= 11 is 0. The van der Waals surface area contributed by atoms with Crippen molar-refractivity contribution in [3.05, 3.63) is 59.3 Å². The van der Waals surface area contributed by atoms with Crippen LogP contribution in [0.3, 0.4) is 0 Å². The zero-order valence-corrected chi connectivity index (χ0v) is 16.1. The van der Waals surface area contributed by atoms with E-state index in [9.17, 15) is 22.0 Å². The molecule has 1 aromatic heterocycles. The van der Waals surface area contributed by atoms with Crippen LogP contribution in [0, 0.1) is 11.6 Å². The lowest BCUT2D eigenvalue weighted by Crippen LogP contribution is -2.48. The molecule has 2 rings (SSSR count). The Balaban J connectivity index is 2.14. The summed E-state index contributed by atoms with van der Waals surface area (Å²) in [5.41, 5.74) is 6.46. The third-order valence-corrected chi connectivity index (χ3v) is 5.44. The highest BCUT2D eigenvalue weighted by atomic mass is 32.2. The summed E-state index contributed by atoms with van der Waals surface area (Å²) in [4.78, 5) is 16.5. The van der Waals surface area contributed by atoms with E-state index in [1.807, 2.05) is 0 Å². The van der Waals surface area contributed by atoms with Crippen molar-refractivity contribution in [2.45, 2.75) is 32.4 Å². The van der Waals surface area contributed by atoms with Crippen LogP contribution in [-0.2, 0) is 27.8 Å². The van der Waals surface area contributed by atoms with E-state index in [4.69, 9.17) is 5.73 Å². The third kappa shape index (κ3) is 6.54. The second kappa shape index (κ2) is 9.56. The largest absolute Gasteiger partial charge is 0.384 e. The quantitative estimate of drug-likeness (QED) is 0.578. The van der Waals surface area contributed by atoms with Gasteiger partial charge in [-0.15, -0.1) is 0 Å². The Morgan fingerprint density at radius 2 is 1.89 bits per heavy atom. The van der Waals surface area contributed by atoms with E-state index >= 15 is 0 Å². The second-order valence-electron chi connectivity index (χ2n) is 6.25. The number of pyridine rings is 1. The lowest BCUT2D eigenvalue weighted by Gasteiger charge is -2.19. The molecule has 1 amide bonds. The smallest absolute Gasteiger partial charge is 0.238 e. The Labute approximate surface area is 162 Å². The minimum atomic E-state index is -3.71. The van der Waals surface area contributed by atoms with Gasteiger partial charge in [0.05, 0.1) is 5.75 Å². The molecule has 10 heteroatoms. The number of hydrogen-bond acceptors (Lipinski definition) is 5. The number of carbonyl (C=O) groups is 1. The number of amides is 1. The molecule has 0 bridgehead atoms. The van der Waals surface area contributed by atoms with Crippen LogP contribution in [0.1, 0.15) is 24.5 Å². The summed E-state index contributed by atoms with van der Waals surface area (Å²) in [5, 5.41) is 2.61. The summed E-state index contributed by atoms with van der Waals surface area (Å²) in [6.07, 6.45) is 1.72. The normalized spacial score (nSPS) is 12.5. The summed E-state index contributed by atoms with van der Waals surface area (Å²) in [5.74, 6) is -2.51. The molecule has 0 saturated carbocycles. The number of aromatic nitrogens is 1. The monoisotopic (exact) mass is 412 g/mol. The number of carbonyl (C=O) groups excluding carboxylic acids is 1. The molecule has 0 aliphatic heterocycles. The molecule has 0 saturated heterocycles. The van der Waals surface area contributed by atoms with Crippen LogP contribution < -0.4 is 15.8 Å². The average Bonchev–Trinajstić information content (AvgIpc) is 2.63. The molecule has 1 heterocycles. The zero-order valence-electron chi connectivity index (χ0n) is 15.3. The van der Waals surface area contributed by atoms with Gasteiger partial charge < -0.3 is 11.1 Å². The van der Waals surface area contributed by atoms with Crippen LogP contribution in [0.5, 0.6) is 0 Å². The number of nitrogens with two attached hydrogens (primary N) is 1. The molecule has 28 heavy (non-hydrogen) atoms. The van der Waals surface area contributed by atoms with Gasteiger partial charge in [-0.2, -0.15) is 0 Å². The number of benzene rings is 1. The molecule has 0 aliphatic rings. The van der Waals surface area contributed by atoms with Crippen molar-refractivity contribution in [3.8, 4) is 0 Å². The van der Waals surface area contributed by atoms with Crippen LogP contribution in [-0.4, -0.2) is 31.1 Å². The van der Waals surface area contributed by atoms with Gasteiger partial charge in [-0.1, -0.05) is 19.1 Å². The van der Waals surface area contributed by atoms with Gasteiger partial charge >= 0.3 is 0 Å². The topological polar surface area (TPSA) is 114 Å². The summed E-state index contributed by atoms with van der Waals surface area (Å²) in [6.45, 7) is 1.80. The molecule has 4 N–H and O–H groups in total. The van der Waals surface area contributed by atoms with Crippen molar-refractivity contribution >= 4 is 21.7 Å².